The van der Waals surface area contributed by atoms with Crippen molar-refractivity contribution in [2.24, 2.45) is 5.92 Å². The highest BCUT2D eigenvalue weighted by Gasteiger charge is 2.26. The topological polar surface area (TPSA) is 18.5 Å². The van der Waals surface area contributed by atoms with Crippen LogP contribution < -0.4 is 0 Å². The lowest BCUT2D eigenvalue weighted by molar-refractivity contribution is 0.121. The summed E-state index contributed by atoms with van der Waals surface area (Å²) in [6, 6.07) is 0. The molecular weight excluding hydrogens is 240 g/mol. The summed E-state index contributed by atoms with van der Waals surface area (Å²) in [5.74, 6) is 0.771. The molecule has 0 bridgehead atoms. The van der Waals surface area contributed by atoms with Gasteiger partial charge in [0.2, 0.25) is 0 Å². The van der Waals surface area contributed by atoms with Crippen LogP contribution in [0.15, 0.2) is 0 Å². The molecule has 110 valence electrons. The zero-order valence-electron chi connectivity index (χ0n) is 13.4. The molecule has 0 aliphatic carbocycles. The maximum absolute atomic E-state index is 6.11. The Kier molecular flexibility index (Phi) is 10.1. The van der Waals surface area contributed by atoms with Gasteiger partial charge in [0.05, 0.1) is 0 Å². The van der Waals surface area contributed by atoms with E-state index < -0.39 is 8.56 Å². The third kappa shape index (κ3) is 11.2. The Morgan fingerprint density at radius 1 is 0.944 bits per heavy atom. The van der Waals surface area contributed by atoms with Crippen molar-refractivity contribution >= 4 is 8.56 Å². The van der Waals surface area contributed by atoms with Gasteiger partial charge in [-0.1, -0.05) is 40.0 Å². The van der Waals surface area contributed by atoms with Crippen LogP contribution in [0.25, 0.3) is 0 Å². The standard InChI is InChI=1S/C15H34O2Si/c1-7-8-9-12-15(4)17-18(5,6)16-13-10-11-14(2)3/h14-15H,7-13H2,1-6H3. The third-order valence-corrected chi connectivity index (χ3v) is 4.94. The zero-order valence-corrected chi connectivity index (χ0v) is 14.4. The average Bonchev–Trinajstić information content (AvgIpc) is 2.24. The Labute approximate surface area is 116 Å². The van der Waals surface area contributed by atoms with E-state index in [2.05, 4.69) is 40.8 Å². The Morgan fingerprint density at radius 3 is 2.17 bits per heavy atom. The van der Waals surface area contributed by atoms with Crippen molar-refractivity contribution in [3.8, 4) is 0 Å². The van der Waals surface area contributed by atoms with Gasteiger partial charge in [0.15, 0.2) is 0 Å². The van der Waals surface area contributed by atoms with Gasteiger partial charge in [-0.25, -0.2) is 0 Å². The van der Waals surface area contributed by atoms with Crippen LogP contribution in [0.1, 0.15) is 66.2 Å². The first-order valence-electron chi connectivity index (χ1n) is 7.69. The second-order valence-corrected chi connectivity index (χ2v) is 9.53. The summed E-state index contributed by atoms with van der Waals surface area (Å²) in [6.07, 6.45) is 7.78. The lowest BCUT2D eigenvalue weighted by atomic mass is 10.1. The first-order chi connectivity index (χ1) is 8.37. The summed E-state index contributed by atoms with van der Waals surface area (Å²) < 4.78 is 12.1. The molecule has 18 heavy (non-hydrogen) atoms. The second-order valence-electron chi connectivity index (χ2n) is 6.21. The van der Waals surface area contributed by atoms with Gasteiger partial charge in [-0.05, 0) is 45.2 Å². The number of hydrogen-bond donors (Lipinski definition) is 0. The third-order valence-electron chi connectivity index (χ3n) is 3.07. The fourth-order valence-corrected chi connectivity index (χ4v) is 3.86. The average molecular weight is 275 g/mol. The monoisotopic (exact) mass is 274 g/mol. The van der Waals surface area contributed by atoms with E-state index >= 15 is 0 Å². The SMILES string of the molecule is CCCCCC(C)O[Si](C)(C)OCCCC(C)C. The molecule has 0 aromatic carbocycles. The van der Waals surface area contributed by atoms with Crippen molar-refractivity contribution in [2.45, 2.75) is 85.4 Å². The van der Waals surface area contributed by atoms with Crippen molar-refractivity contribution in [2.75, 3.05) is 6.61 Å². The molecule has 0 rings (SSSR count). The highest BCUT2D eigenvalue weighted by atomic mass is 28.4. The van der Waals surface area contributed by atoms with Crippen LogP contribution in [-0.2, 0) is 8.85 Å². The summed E-state index contributed by atoms with van der Waals surface area (Å²) in [5.41, 5.74) is 0. The Balaban J connectivity index is 3.70. The van der Waals surface area contributed by atoms with Crippen LogP contribution >= 0.6 is 0 Å². The predicted molar refractivity (Wildman–Crippen MR) is 82.2 cm³/mol. The van der Waals surface area contributed by atoms with E-state index in [0.717, 1.165) is 18.9 Å². The highest BCUT2D eigenvalue weighted by molar-refractivity contribution is 6.64. The van der Waals surface area contributed by atoms with Crippen LogP contribution in [0.3, 0.4) is 0 Å². The van der Waals surface area contributed by atoms with Gasteiger partial charge in [0.1, 0.15) is 0 Å². The van der Waals surface area contributed by atoms with E-state index in [-0.39, 0.29) is 0 Å². The largest absolute Gasteiger partial charge is 0.395 e. The minimum Gasteiger partial charge on any atom is -0.395 e. The first kappa shape index (κ1) is 18.1. The molecule has 0 spiro atoms. The fourth-order valence-electron chi connectivity index (χ4n) is 2.07. The lowest BCUT2D eigenvalue weighted by Gasteiger charge is -2.27. The van der Waals surface area contributed by atoms with E-state index in [9.17, 15) is 0 Å². The Bertz CT molecular complexity index is 193. The first-order valence-corrected chi connectivity index (χ1v) is 10.5. The summed E-state index contributed by atoms with van der Waals surface area (Å²) in [7, 11) is -1.90. The maximum atomic E-state index is 6.11. The van der Waals surface area contributed by atoms with Gasteiger partial charge in [-0.3, -0.25) is 0 Å². The predicted octanol–water partition coefficient (Wildman–Crippen LogP) is 5.13. The van der Waals surface area contributed by atoms with Gasteiger partial charge in [-0.15, -0.1) is 0 Å². The summed E-state index contributed by atoms with van der Waals surface area (Å²) in [4.78, 5) is 0. The smallest absolute Gasteiger partial charge is 0.331 e. The Hall–Kier alpha value is 0.137. The fraction of sp³-hybridized carbons (Fsp3) is 1.00. The highest BCUT2D eigenvalue weighted by Crippen LogP contribution is 2.15. The summed E-state index contributed by atoms with van der Waals surface area (Å²) >= 11 is 0. The number of rotatable bonds is 11. The number of hydrogen-bond acceptors (Lipinski definition) is 2. The molecule has 1 atom stereocenters. The van der Waals surface area contributed by atoms with Crippen LogP contribution in [-0.4, -0.2) is 21.3 Å². The van der Waals surface area contributed by atoms with Crippen LogP contribution in [0.2, 0.25) is 13.1 Å². The molecule has 0 fully saturated rings. The van der Waals surface area contributed by atoms with Gasteiger partial charge in [0, 0.05) is 12.7 Å². The maximum Gasteiger partial charge on any atom is 0.331 e. The van der Waals surface area contributed by atoms with Crippen molar-refractivity contribution < 1.29 is 8.85 Å². The quantitative estimate of drug-likeness (QED) is 0.384. The molecule has 0 aromatic heterocycles. The van der Waals surface area contributed by atoms with E-state index in [0.29, 0.717) is 6.10 Å². The normalized spacial score (nSPS) is 14.2. The van der Waals surface area contributed by atoms with E-state index in [1.807, 2.05) is 0 Å². The molecule has 3 heteroatoms. The van der Waals surface area contributed by atoms with Crippen LogP contribution in [0, 0.1) is 5.92 Å². The molecular formula is C15H34O2Si. The van der Waals surface area contributed by atoms with Crippen molar-refractivity contribution in [3.05, 3.63) is 0 Å². The Morgan fingerprint density at radius 2 is 1.61 bits per heavy atom. The molecule has 0 heterocycles. The van der Waals surface area contributed by atoms with Gasteiger partial charge in [-0.2, -0.15) is 0 Å². The second kappa shape index (κ2) is 9.99. The van der Waals surface area contributed by atoms with Crippen molar-refractivity contribution in [1.29, 1.82) is 0 Å². The van der Waals surface area contributed by atoms with Crippen LogP contribution in [0.5, 0.6) is 0 Å². The molecule has 0 saturated heterocycles. The van der Waals surface area contributed by atoms with Gasteiger partial charge >= 0.3 is 8.56 Å². The molecule has 2 nitrogen and oxygen atoms in total. The zero-order chi connectivity index (χ0) is 14.0. The summed E-state index contributed by atoms with van der Waals surface area (Å²) in [6.45, 7) is 14.1. The molecule has 0 amide bonds. The molecule has 0 N–H and O–H groups in total. The van der Waals surface area contributed by atoms with E-state index in [1.54, 1.807) is 0 Å². The molecule has 1 unspecified atom stereocenters. The van der Waals surface area contributed by atoms with Crippen LogP contribution in [0.4, 0.5) is 0 Å². The minimum atomic E-state index is -1.90. The molecule has 0 aliphatic rings. The van der Waals surface area contributed by atoms with Crippen molar-refractivity contribution in [1.82, 2.24) is 0 Å². The number of unbranched alkanes of at least 4 members (excludes halogenated alkanes) is 2. The minimum absolute atomic E-state index is 0.350. The van der Waals surface area contributed by atoms with E-state index in [4.69, 9.17) is 8.85 Å². The molecule has 0 aromatic rings. The summed E-state index contributed by atoms with van der Waals surface area (Å²) in [5, 5.41) is 0. The molecule has 0 aliphatic heterocycles. The van der Waals surface area contributed by atoms with Gasteiger partial charge < -0.3 is 8.85 Å². The molecule has 0 radical (unpaired) electrons. The van der Waals surface area contributed by atoms with Gasteiger partial charge in [0.25, 0.3) is 0 Å². The molecule has 0 saturated carbocycles. The van der Waals surface area contributed by atoms with Crippen molar-refractivity contribution in [3.63, 3.8) is 0 Å². The van der Waals surface area contributed by atoms with E-state index in [1.165, 1.54) is 32.1 Å². The lowest BCUT2D eigenvalue weighted by Crippen LogP contribution is -2.38.